The minimum atomic E-state index is -2.99. The molecule has 1 heterocycles. The molecule has 134 valence electrons. The molecule has 3 rings (SSSR count). The summed E-state index contributed by atoms with van der Waals surface area (Å²) < 4.78 is 30.0. The molecule has 0 radical (unpaired) electrons. The maximum absolute atomic E-state index is 12.5. The van der Waals surface area contributed by atoms with Crippen LogP contribution in [0.2, 0.25) is 0 Å². The summed E-state index contributed by atoms with van der Waals surface area (Å²) in [5.74, 6) is -1.66. The monoisotopic (exact) mass is 424 g/mol. The Hall–Kier alpha value is -2.81. The lowest BCUT2D eigenvalue weighted by atomic mass is 10.1. The fourth-order valence-corrected chi connectivity index (χ4v) is 2.89. The summed E-state index contributed by atoms with van der Waals surface area (Å²) in [6.07, 6.45) is 0. The molecule has 0 aliphatic carbocycles. The van der Waals surface area contributed by atoms with E-state index in [4.69, 9.17) is 0 Å². The van der Waals surface area contributed by atoms with Gasteiger partial charge < -0.3 is 10.1 Å². The van der Waals surface area contributed by atoms with Crippen LogP contribution in [-0.4, -0.2) is 24.3 Å². The maximum atomic E-state index is 12.5. The van der Waals surface area contributed by atoms with E-state index in [9.17, 15) is 23.2 Å². The summed E-state index contributed by atoms with van der Waals surface area (Å²) >= 11 is 3.23. The van der Waals surface area contributed by atoms with Crippen molar-refractivity contribution in [3.05, 3.63) is 63.1 Å². The van der Waals surface area contributed by atoms with Crippen LogP contribution in [0, 0.1) is 0 Å². The Kier molecular flexibility index (Phi) is 4.99. The number of carbonyl (C=O) groups excluding carboxylic acids is 3. The molecule has 2 aromatic carbocycles. The highest BCUT2D eigenvalue weighted by atomic mass is 79.9. The van der Waals surface area contributed by atoms with Gasteiger partial charge in [0.25, 0.3) is 17.7 Å². The van der Waals surface area contributed by atoms with Gasteiger partial charge in [-0.3, -0.25) is 19.7 Å². The minimum Gasteiger partial charge on any atom is -0.434 e. The lowest BCUT2D eigenvalue weighted by molar-refractivity contribution is -0.0504. The lowest BCUT2D eigenvalue weighted by Gasteiger charge is -2.12. The van der Waals surface area contributed by atoms with Crippen LogP contribution in [0.15, 0.2) is 40.9 Å². The number of benzene rings is 2. The Bertz CT molecular complexity index is 918. The van der Waals surface area contributed by atoms with Crippen LogP contribution in [0.4, 0.5) is 8.78 Å². The molecule has 0 saturated carbocycles. The second-order valence-corrected chi connectivity index (χ2v) is 6.27. The Morgan fingerprint density at radius 2 is 1.85 bits per heavy atom. The maximum Gasteiger partial charge on any atom is 0.387 e. The van der Waals surface area contributed by atoms with Crippen molar-refractivity contribution in [2.45, 2.75) is 13.2 Å². The number of halogens is 3. The molecule has 6 nitrogen and oxygen atoms in total. The van der Waals surface area contributed by atoms with E-state index in [1.54, 1.807) is 12.1 Å². The molecule has 26 heavy (non-hydrogen) atoms. The highest BCUT2D eigenvalue weighted by Gasteiger charge is 2.27. The van der Waals surface area contributed by atoms with Gasteiger partial charge in [0.15, 0.2) is 0 Å². The number of alkyl halides is 2. The van der Waals surface area contributed by atoms with Crippen molar-refractivity contribution in [1.82, 2.24) is 10.6 Å². The van der Waals surface area contributed by atoms with Gasteiger partial charge in [0, 0.05) is 22.1 Å². The predicted octanol–water partition coefficient (Wildman–Crippen LogP) is 2.86. The first-order valence-electron chi connectivity index (χ1n) is 7.36. The van der Waals surface area contributed by atoms with Gasteiger partial charge in [-0.15, -0.1) is 0 Å². The summed E-state index contributed by atoms with van der Waals surface area (Å²) in [4.78, 5) is 35.5. The highest BCUT2D eigenvalue weighted by Crippen LogP contribution is 2.25. The number of hydrogen-bond donors (Lipinski definition) is 2. The van der Waals surface area contributed by atoms with Crippen molar-refractivity contribution in [2.75, 3.05) is 0 Å². The van der Waals surface area contributed by atoms with Crippen LogP contribution in [-0.2, 0) is 6.54 Å². The summed E-state index contributed by atoms with van der Waals surface area (Å²) in [5, 5.41) is 4.71. The summed E-state index contributed by atoms with van der Waals surface area (Å²) in [5.41, 5.74) is 0.833. The normalized spacial score (nSPS) is 12.8. The molecule has 0 atom stereocenters. The average Bonchev–Trinajstić information content (AvgIpc) is 2.88. The second-order valence-electron chi connectivity index (χ2n) is 5.36. The molecule has 1 aliphatic heterocycles. The molecule has 0 bridgehead atoms. The number of fused-ring (bicyclic) bond motifs is 1. The molecule has 0 saturated heterocycles. The zero-order valence-electron chi connectivity index (χ0n) is 13.0. The van der Waals surface area contributed by atoms with Crippen LogP contribution < -0.4 is 15.4 Å². The first kappa shape index (κ1) is 18.0. The van der Waals surface area contributed by atoms with Gasteiger partial charge in [0.05, 0.1) is 11.1 Å². The SMILES string of the molecule is O=C(NCc1cc(Br)ccc1OC(F)F)c1ccc2c(c1)C(=O)NC2=O. The van der Waals surface area contributed by atoms with Crippen molar-refractivity contribution in [3.63, 3.8) is 0 Å². The van der Waals surface area contributed by atoms with Gasteiger partial charge >= 0.3 is 6.61 Å². The van der Waals surface area contributed by atoms with Crippen LogP contribution in [0.5, 0.6) is 5.75 Å². The zero-order valence-corrected chi connectivity index (χ0v) is 14.6. The molecular weight excluding hydrogens is 414 g/mol. The van der Waals surface area contributed by atoms with Crippen molar-refractivity contribution >= 4 is 33.7 Å². The molecule has 3 amide bonds. The topological polar surface area (TPSA) is 84.5 Å². The third-order valence-electron chi connectivity index (χ3n) is 3.68. The number of carbonyl (C=O) groups is 3. The van der Waals surface area contributed by atoms with E-state index in [0.717, 1.165) is 0 Å². The molecular formula is C17H11BrF2N2O4. The Morgan fingerprint density at radius 3 is 2.58 bits per heavy atom. The third-order valence-corrected chi connectivity index (χ3v) is 4.17. The van der Waals surface area contributed by atoms with Gasteiger partial charge in [-0.2, -0.15) is 8.78 Å². The molecule has 0 fully saturated rings. The Morgan fingerprint density at radius 1 is 1.12 bits per heavy atom. The first-order chi connectivity index (χ1) is 12.3. The van der Waals surface area contributed by atoms with Gasteiger partial charge in [0.2, 0.25) is 0 Å². The van der Waals surface area contributed by atoms with Gasteiger partial charge in [-0.05, 0) is 36.4 Å². The molecule has 2 N–H and O–H groups in total. The molecule has 1 aliphatic rings. The van der Waals surface area contributed by atoms with E-state index in [-0.39, 0.29) is 29.0 Å². The summed E-state index contributed by atoms with van der Waals surface area (Å²) in [6.45, 7) is -3.05. The van der Waals surface area contributed by atoms with E-state index in [1.165, 1.54) is 24.3 Å². The molecule has 0 unspecified atom stereocenters. The van der Waals surface area contributed by atoms with Crippen LogP contribution in [0.1, 0.15) is 36.6 Å². The zero-order chi connectivity index (χ0) is 18.8. The molecule has 0 aromatic heterocycles. The molecule has 9 heteroatoms. The van der Waals surface area contributed by atoms with Crippen LogP contribution >= 0.6 is 15.9 Å². The number of nitrogens with one attached hydrogen (secondary N) is 2. The van der Waals surface area contributed by atoms with E-state index in [1.807, 2.05) is 0 Å². The van der Waals surface area contributed by atoms with E-state index in [0.29, 0.717) is 10.0 Å². The highest BCUT2D eigenvalue weighted by molar-refractivity contribution is 9.10. The van der Waals surface area contributed by atoms with Crippen molar-refractivity contribution < 1.29 is 27.9 Å². The first-order valence-corrected chi connectivity index (χ1v) is 8.15. The smallest absolute Gasteiger partial charge is 0.387 e. The third kappa shape index (κ3) is 3.72. The van der Waals surface area contributed by atoms with Crippen molar-refractivity contribution in [2.24, 2.45) is 0 Å². The van der Waals surface area contributed by atoms with E-state index in [2.05, 4.69) is 31.3 Å². The Balaban J connectivity index is 1.76. The number of rotatable bonds is 5. The predicted molar refractivity (Wildman–Crippen MR) is 90.2 cm³/mol. The van der Waals surface area contributed by atoms with E-state index >= 15 is 0 Å². The molecule has 2 aromatic rings. The van der Waals surface area contributed by atoms with Crippen LogP contribution in [0.25, 0.3) is 0 Å². The lowest BCUT2D eigenvalue weighted by Crippen LogP contribution is -2.23. The standard InChI is InChI=1S/C17H11BrF2N2O4/c18-10-2-4-13(26-17(19)20)9(5-10)7-21-14(23)8-1-3-11-12(6-8)16(25)22-15(11)24/h1-6,17H,7H2,(H,21,23)(H,22,24,25). The van der Waals surface area contributed by atoms with E-state index < -0.39 is 24.3 Å². The second kappa shape index (κ2) is 7.20. The fraction of sp³-hybridized carbons (Fsp3) is 0.118. The quantitative estimate of drug-likeness (QED) is 0.722. The summed E-state index contributed by atoms with van der Waals surface area (Å²) in [6, 6.07) is 8.55. The fourth-order valence-electron chi connectivity index (χ4n) is 2.48. The summed E-state index contributed by atoms with van der Waals surface area (Å²) in [7, 11) is 0. The Labute approximate surface area is 154 Å². The van der Waals surface area contributed by atoms with Gasteiger partial charge in [0.1, 0.15) is 5.75 Å². The van der Waals surface area contributed by atoms with Crippen molar-refractivity contribution in [1.29, 1.82) is 0 Å². The minimum absolute atomic E-state index is 0.0533. The number of hydrogen-bond acceptors (Lipinski definition) is 4. The number of ether oxygens (including phenoxy) is 1. The van der Waals surface area contributed by atoms with Gasteiger partial charge in [-0.25, -0.2) is 0 Å². The average molecular weight is 425 g/mol. The number of imide groups is 1. The largest absolute Gasteiger partial charge is 0.434 e. The van der Waals surface area contributed by atoms with Crippen LogP contribution in [0.3, 0.4) is 0 Å². The van der Waals surface area contributed by atoms with Crippen molar-refractivity contribution in [3.8, 4) is 5.75 Å². The number of amides is 3. The molecule has 0 spiro atoms. The van der Waals surface area contributed by atoms with Gasteiger partial charge in [-0.1, -0.05) is 15.9 Å².